The molecule has 0 aliphatic carbocycles. The molecule has 0 unspecified atom stereocenters. The summed E-state index contributed by atoms with van der Waals surface area (Å²) in [5.41, 5.74) is 5.20. The fourth-order valence-corrected chi connectivity index (χ4v) is 4.63. The first-order valence-electron chi connectivity index (χ1n) is 12.6. The van der Waals surface area contributed by atoms with E-state index >= 15 is 0 Å². The third kappa shape index (κ3) is 6.69. The van der Waals surface area contributed by atoms with Crippen molar-refractivity contribution >= 4 is 11.0 Å². The van der Waals surface area contributed by atoms with Crippen LogP contribution in [0.1, 0.15) is 102 Å². The number of benzene rings is 2. The largest absolute Gasteiger partial charge is 0.327 e. The van der Waals surface area contributed by atoms with Crippen LogP contribution in [0.5, 0.6) is 0 Å². The average Bonchev–Trinajstić information content (AvgIpc) is 3.14. The Labute approximate surface area is 190 Å². The lowest BCUT2D eigenvalue weighted by atomic mass is 9.96. The van der Waals surface area contributed by atoms with Crippen LogP contribution in [0.25, 0.3) is 11.0 Å². The van der Waals surface area contributed by atoms with Gasteiger partial charge >= 0.3 is 0 Å². The molecule has 1 aromatic heterocycles. The molecule has 0 saturated heterocycles. The summed E-state index contributed by atoms with van der Waals surface area (Å²) in [5, 5.41) is 0. The van der Waals surface area contributed by atoms with Crippen LogP contribution < -0.4 is 0 Å². The number of para-hydroxylation sites is 2. The predicted molar refractivity (Wildman–Crippen MR) is 135 cm³/mol. The van der Waals surface area contributed by atoms with Crippen molar-refractivity contribution in [1.29, 1.82) is 0 Å². The first-order valence-corrected chi connectivity index (χ1v) is 12.6. The van der Waals surface area contributed by atoms with Crippen molar-refractivity contribution in [2.24, 2.45) is 5.92 Å². The summed E-state index contributed by atoms with van der Waals surface area (Å²) in [4.78, 5) is 5.07. The second-order valence-corrected chi connectivity index (χ2v) is 9.65. The Morgan fingerprint density at radius 1 is 0.774 bits per heavy atom. The molecule has 1 atom stereocenters. The van der Waals surface area contributed by atoms with Crippen molar-refractivity contribution in [3.8, 4) is 0 Å². The molecule has 2 aromatic carbocycles. The lowest BCUT2D eigenvalue weighted by Gasteiger charge is -2.16. The summed E-state index contributed by atoms with van der Waals surface area (Å²) in [6, 6.07) is 17.9. The van der Waals surface area contributed by atoms with Crippen molar-refractivity contribution in [2.45, 2.75) is 97.9 Å². The van der Waals surface area contributed by atoms with Gasteiger partial charge in [-0.2, -0.15) is 0 Å². The molecule has 168 valence electrons. The highest BCUT2D eigenvalue weighted by Crippen LogP contribution is 2.28. The van der Waals surface area contributed by atoms with Crippen LogP contribution >= 0.6 is 0 Å². The van der Waals surface area contributed by atoms with Crippen LogP contribution in [-0.2, 0) is 13.0 Å². The monoisotopic (exact) mass is 418 g/mol. The second-order valence-electron chi connectivity index (χ2n) is 9.65. The third-order valence-corrected chi connectivity index (χ3v) is 6.43. The Morgan fingerprint density at radius 3 is 2.10 bits per heavy atom. The predicted octanol–water partition coefficient (Wildman–Crippen LogP) is 8.53. The third-order valence-electron chi connectivity index (χ3n) is 6.43. The van der Waals surface area contributed by atoms with Gasteiger partial charge in [-0.25, -0.2) is 4.98 Å². The molecular formula is C29H42N2. The number of rotatable bonds is 13. The molecule has 0 N–H and O–H groups in total. The summed E-state index contributed by atoms with van der Waals surface area (Å²) >= 11 is 0. The Hall–Kier alpha value is -2.09. The molecular weight excluding hydrogens is 376 g/mol. The Morgan fingerprint density at radius 2 is 1.42 bits per heavy atom. The number of hydrogen-bond donors (Lipinski definition) is 0. The van der Waals surface area contributed by atoms with Gasteiger partial charge in [0.05, 0.1) is 11.0 Å². The highest BCUT2D eigenvalue weighted by Gasteiger charge is 2.18. The van der Waals surface area contributed by atoms with Crippen molar-refractivity contribution in [3.63, 3.8) is 0 Å². The molecule has 0 bridgehead atoms. The smallest absolute Gasteiger partial charge is 0.117 e. The first kappa shape index (κ1) is 23.6. The van der Waals surface area contributed by atoms with E-state index in [2.05, 4.69) is 80.8 Å². The van der Waals surface area contributed by atoms with Gasteiger partial charge < -0.3 is 4.57 Å². The van der Waals surface area contributed by atoms with Gasteiger partial charge in [0.2, 0.25) is 0 Å². The zero-order chi connectivity index (χ0) is 22.1. The lowest BCUT2D eigenvalue weighted by molar-refractivity contribution is 0.537. The van der Waals surface area contributed by atoms with E-state index < -0.39 is 0 Å². The Balaban J connectivity index is 1.68. The summed E-state index contributed by atoms with van der Waals surface area (Å²) in [6.45, 7) is 10.2. The van der Waals surface area contributed by atoms with Crippen molar-refractivity contribution in [2.75, 3.05) is 0 Å². The molecule has 0 aliphatic rings. The van der Waals surface area contributed by atoms with E-state index in [1.54, 1.807) is 0 Å². The second kappa shape index (κ2) is 12.1. The number of aryl methyl sites for hydroxylation is 1. The van der Waals surface area contributed by atoms with Crippen LogP contribution in [0.2, 0.25) is 0 Å². The zero-order valence-corrected chi connectivity index (χ0v) is 20.2. The Kier molecular flexibility index (Phi) is 9.18. The zero-order valence-electron chi connectivity index (χ0n) is 20.2. The van der Waals surface area contributed by atoms with Crippen molar-refractivity contribution in [1.82, 2.24) is 9.55 Å². The SMILES string of the molecule is CCCCCCCCCCn1c([C@H](C)c2ccc(CC(C)C)cc2)nc2ccccc21. The van der Waals surface area contributed by atoms with Crippen LogP contribution in [0.15, 0.2) is 48.5 Å². The minimum absolute atomic E-state index is 0.301. The van der Waals surface area contributed by atoms with Gasteiger partial charge in [-0.3, -0.25) is 0 Å². The molecule has 0 spiro atoms. The molecule has 2 nitrogen and oxygen atoms in total. The molecule has 31 heavy (non-hydrogen) atoms. The minimum atomic E-state index is 0.301. The minimum Gasteiger partial charge on any atom is -0.327 e. The molecule has 1 heterocycles. The van der Waals surface area contributed by atoms with E-state index in [1.165, 1.54) is 73.8 Å². The maximum atomic E-state index is 5.07. The van der Waals surface area contributed by atoms with Crippen LogP contribution in [0, 0.1) is 5.92 Å². The van der Waals surface area contributed by atoms with Crippen LogP contribution in [0.4, 0.5) is 0 Å². The summed E-state index contributed by atoms with van der Waals surface area (Å²) < 4.78 is 2.49. The summed E-state index contributed by atoms with van der Waals surface area (Å²) in [7, 11) is 0. The molecule has 3 rings (SSSR count). The van der Waals surface area contributed by atoms with E-state index in [0.717, 1.165) is 18.5 Å². The first-order chi connectivity index (χ1) is 15.1. The summed E-state index contributed by atoms with van der Waals surface area (Å²) in [6.07, 6.45) is 12.0. The van der Waals surface area contributed by atoms with Crippen LogP contribution in [-0.4, -0.2) is 9.55 Å². The van der Waals surface area contributed by atoms with Crippen LogP contribution in [0.3, 0.4) is 0 Å². The van der Waals surface area contributed by atoms with E-state index in [-0.39, 0.29) is 0 Å². The van der Waals surface area contributed by atoms with E-state index in [1.807, 2.05) is 0 Å². The Bertz CT molecular complexity index is 904. The average molecular weight is 419 g/mol. The molecule has 3 aromatic rings. The standard InChI is InChI=1S/C29H42N2/c1-5-6-7-8-9-10-11-14-21-31-28-16-13-12-15-27(28)30-29(31)24(4)26-19-17-25(18-20-26)22-23(2)3/h12-13,15-20,23-24H,5-11,14,21-22H2,1-4H3/t24-/m1/s1. The maximum absolute atomic E-state index is 5.07. The number of imidazole rings is 1. The highest BCUT2D eigenvalue weighted by atomic mass is 15.1. The van der Waals surface area contributed by atoms with Gasteiger partial charge in [0.25, 0.3) is 0 Å². The highest BCUT2D eigenvalue weighted by molar-refractivity contribution is 5.76. The fraction of sp³-hybridized carbons (Fsp3) is 0.552. The maximum Gasteiger partial charge on any atom is 0.117 e. The number of nitrogens with zero attached hydrogens (tertiary/aromatic N) is 2. The molecule has 0 saturated carbocycles. The van der Waals surface area contributed by atoms with Gasteiger partial charge in [0.15, 0.2) is 0 Å². The molecule has 0 aliphatic heterocycles. The quantitative estimate of drug-likeness (QED) is 0.254. The molecule has 0 fully saturated rings. The van der Waals surface area contributed by atoms with E-state index in [9.17, 15) is 0 Å². The number of hydrogen-bond acceptors (Lipinski definition) is 1. The van der Waals surface area contributed by atoms with E-state index in [4.69, 9.17) is 4.98 Å². The molecule has 0 radical (unpaired) electrons. The number of unbranched alkanes of at least 4 members (excludes halogenated alkanes) is 7. The van der Waals surface area contributed by atoms with Gasteiger partial charge in [-0.1, -0.05) is 109 Å². The van der Waals surface area contributed by atoms with Crippen molar-refractivity contribution in [3.05, 3.63) is 65.5 Å². The molecule has 2 heteroatoms. The van der Waals surface area contributed by atoms with E-state index in [0.29, 0.717) is 11.8 Å². The fourth-order valence-electron chi connectivity index (χ4n) is 4.63. The van der Waals surface area contributed by atoms with Gasteiger partial charge in [-0.05, 0) is 42.0 Å². The summed E-state index contributed by atoms with van der Waals surface area (Å²) in [5.74, 6) is 2.20. The van der Waals surface area contributed by atoms with Gasteiger partial charge in [-0.15, -0.1) is 0 Å². The topological polar surface area (TPSA) is 17.8 Å². The number of aromatic nitrogens is 2. The normalized spacial score (nSPS) is 12.7. The van der Waals surface area contributed by atoms with Gasteiger partial charge in [0.1, 0.15) is 5.82 Å². The number of fused-ring (bicyclic) bond motifs is 1. The van der Waals surface area contributed by atoms with Crippen molar-refractivity contribution < 1.29 is 0 Å². The van der Waals surface area contributed by atoms with Gasteiger partial charge in [0, 0.05) is 12.5 Å². The lowest BCUT2D eigenvalue weighted by Crippen LogP contribution is -2.09. The molecule has 0 amide bonds.